The third-order valence-corrected chi connectivity index (χ3v) is 3.16. The first-order valence-electron chi connectivity index (χ1n) is 6.31. The average molecular weight is 254 g/mol. The fourth-order valence-corrected chi connectivity index (χ4v) is 2.13. The Morgan fingerprint density at radius 2 is 2.11 bits per heavy atom. The van der Waals surface area contributed by atoms with Gasteiger partial charge < -0.3 is 5.32 Å². The molecule has 102 valence electrons. The summed E-state index contributed by atoms with van der Waals surface area (Å²) in [4.78, 5) is 10.8. The highest BCUT2D eigenvalue weighted by Crippen LogP contribution is 2.27. The Morgan fingerprint density at radius 3 is 2.50 bits per heavy atom. The molecular weight excluding hydrogens is 232 g/mol. The van der Waals surface area contributed by atoms with Gasteiger partial charge in [-0.05, 0) is 34.2 Å². The summed E-state index contributed by atoms with van der Waals surface area (Å²) in [6.45, 7) is 7.73. The maximum Gasteiger partial charge on any atom is 0.313 e. The molecule has 6 heteroatoms. The van der Waals surface area contributed by atoms with Crippen molar-refractivity contribution >= 4 is 5.69 Å². The lowest BCUT2D eigenvalue weighted by Crippen LogP contribution is -2.28. The predicted octanol–water partition coefficient (Wildman–Crippen LogP) is 2.22. The molecule has 0 aliphatic rings. The molecule has 0 spiro atoms. The first-order chi connectivity index (χ1) is 8.42. The minimum Gasteiger partial charge on any atom is -0.317 e. The molecule has 0 aliphatic heterocycles. The van der Waals surface area contributed by atoms with E-state index in [9.17, 15) is 10.1 Å². The monoisotopic (exact) mass is 254 g/mol. The molecule has 0 aliphatic carbocycles. The highest BCUT2D eigenvalue weighted by molar-refractivity contribution is 5.41. The summed E-state index contributed by atoms with van der Waals surface area (Å²) in [5, 5.41) is 18.6. The van der Waals surface area contributed by atoms with Gasteiger partial charge in [0.25, 0.3) is 0 Å². The normalized spacial score (nSPS) is 13.0. The van der Waals surface area contributed by atoms with Gasteiger partial charge in [0.1, 0.15) is 11.4 Å². The highest BCUT2D eigenvalue weighted by Gasteiger charge is 2.27. The molecule has 0 aromatic carbocycles. The van der Waals surface area contributed by atoms with Gasteiger partial charge in [-0.2, -0.15) is 5.10 Å². The van der Waals surface area contributed by atoms with Crippen LogP contribution in [0.4, 0.5) is 5.69 Å². The van der Waals surface area contributed by atoms with Gasteiger partial charge in [0, 0.05) is 18.5 Å². The van der Waals surface area contributed by atoms with Crippen LogP contribution in [0.1, 0.15) is 44.6 Å². The second-order valence-electron chi connectivity index (χ2n) is 4.77. The van der Waals surface area contributed by atoms with Gasteiger partial charge in [0.05, 0.1) is 4.92 Å². The summed E-state index contributed by atoms with van der Waals surface area (Å²) in [7, 11) is 1.88. The van der Waals surface area contributed by atoms with Crippen molar-refractivity contribution in [3.8, 4) is 0 Å². The molecule has 0 radical (unpaired) electrons. The van der Waals surface area contributed by atoms with Gasteiger partial charge in [-0.15, -0.1) is 0 Å². The van der Waals surface area contributed by atoms with Crippen molar-refractivity contribution in [2.24, 2.45) is 0 Å². The molecule has 18 heavy (non-hydrogen) atoms. The molecule has 1 N–H and O–H groups in total. The van der Waals surface area contributed by atoms with Gasteiger partial charge in [-0.3, -0.25) is 14.8 Å². The lowest BCUT2D eigenvalue weighted by molar-refractivity contribution is -0.386. The minimum absolute atomic E-state index is 0.127. The minimum atomic E-state index is -0.321. The van der Waals surface area contributed by atoms with Crippen molar-refractivity contribution in [1.82, 2.24) is 15.1 Å². The average Bonchev–Trinajstić information content (AvgIpc) is 2.63. The Bertz CT molecular complexity index is 422. The van der Waals surface area contributed by atoms with Gasteiger partial charge >= 0.3 is 5.69 Å². The SMILES string of the molecule is CCC(Cc1c([N+](=O)[O-])c(C)nn1C(C)C)NC. The Kier molecular flexibility index (Phi) is 4.84. The number of nitrogens with zero attached hydrogens (tertiary/aromatic N) is 3. The van der Waals surface area contributed by atoms with Crippen LogP contribution >= 0.6 is 0 Å². The van der Waals surface area contributed by atoms with Crippen molar-refractivity contribution in [3.63, 3.8) is 0 Å². The van der Waals surface area contributed by atoms with E-state index in [4.69, 9.17) is 0 Å². The van der Waals surface area contributed by atoms with E-state index in [1.165, 1.54) is 0 Å². The first kappa shape index (κ1) is 14.6. The van der Waals surface area contributed by atoms with Crippen molar-refractivity contribution in [2.75, 3.05) is 7.05 Å². The van der Waals surface area contributed by atoms with Crippen molar-refractivity contribution in [2.45, 2.75) is 52.6 Å². The number of aromatic nitrogens is 2. The third-order valence-electron chi connectivity index (χ3n) is 3.16. The lowest BCUT2D eigenvalue weighted by Gasteiger charge is -2.16. The number of aryl methyl sites for hydroxylation is 1. The van der Waals surface area contributed by atoms with Gasteiger partial charge in [-0.1, -0.05) is 6.92 Å². The van der Waals surface area contributed by atoms with Crippen LogP contribution in [0.2, 0.25) is 0 Å². The van der Waals surface area contributed by atoms with E-state index >= 15 is 0 Å². The second-order valence-corrected chi connectivity index (χ2v) is 4.77. The number of hydrogen-bond acceptors (Lipinski definition) is 4. The Hall–Kier alpha value is -1.43. The second kappa shape index (κ2) is 5.95. The van der Waals surface area contributed by atoms with E-state index in [1.54, 1.807) is 11.6 Å². The summed E-state index contributed by atoms with van der Waals surface area (Å²) < 4.78 is 1.77. The molecule has 0 saturated carbocycles. The summed E-state index contributed by atoms with van der Waals surface area (Å²) in [5.41, 5.74) is 1.38. The fourth-order valence-electron chi connectivity index (χ4n) is 2.13. The smallest absolute Gasteiger partial charge is 0.313 e. The zero-order valence-electron chi connectivity index (χ0n) is 11.7. The summed E-state index contributed by atoms with van der Waals surface area (Å²) in [5.74, 6) is 0. The molecule has 0 bridgehead atoms. The van der Waals surface area contributed by atoms with Crippen molar-refractivity contribution < 1.29 is 4.92 Å². The number of nitro groups is 1. The molecule has 1 atom stereocenters. The van der Waals surface area contributed by atoms with Crippen LogP contribution < -0.4 is 5.32 Å². The standard InChI is InChI=1S/C12H22N4O2/c1-6-10(13-5)7-11-12(16(17)18)9(4)14-15(11)8(2)3/h8,10,13H,6-7H2,1-5H3. The van der Waals surface area contributed by atoms with Crippen LogP contribution in [0.5, 0.6) is 0 Å². The Labute approximate surface area is 108 Å². The summed E-state index contributed by atoms with van der Waals surface area (Å²) in [6, 6.07) is 0.360. The maximum absolute atomic E-state index is 11.2. The molecule has 1 rings (SSSR count). The molecule has 0 saturated heterocycles. The highest BCUT2D eigenvalue weighted by atomic mass is 16.6. The number of hydrogen-bond donors (Lipinski definition) is 1. The zero-order chi connectivity index (χ0) is 13.9. The molecule has 1 aromatic rings. The van der Waals surface area contributed by atoms with Crippen LogP contribution in [0.25, 0.3) is 0 Å². The third kappa shape index (κ3) is 2.87. The van der Waals surface area contributed by atoms with Crippen LogP contribution in [0.15, 0.2) is 0 Å². The largest absolute Gasteiger partial charge is 0.317 e. The van der Waals surface area contributed by atoms with Crippen LogP contribution in [0, 0.1) is 17.0 Å². The molecule has 1 heterocycles. The van der Waals surface area contributed by atoms with Gasteiger partial charge in [-0.25, -0.2) is 0 Å². The molecule has 1 unspecified atom stereocenters. The van der Waals surface area contributed by atoms with Crippen molar-refractivity contribution in [3.05, 3.63) is 21.5 Å². The van der Waals surface area contributed by atoms with Gasteiger partial charge in [0.2, 0.25) is 0 Å². The lowest BCUT2D eigenvalue weighted by atomic mass is 10.1. The molecule has 1 aromatic heterocycles. The maximum atomic E-state index is 11.2. The van der Waals surface area contributed by atoms with Crippen LogP contribution in [-0.4, -0.2) is 27.8 Å². The first-order valence-corrected chi connectivity index (χ1v) is 6.31. The number of likely N-dealkylation sites (N-methyl/N-ethyl adjacent to an activating group) is 1. The van der Waals surface area contributed by atoms with E-state index in [-0.39, 0.29) is 22.7 Å². The van der Waals surface area contributed by atoms with E-state index in [2.05, 4.69) is 17.3 Å². The summed E-state index contributed by atoms with van der Waals surface area (Å²) in [6.07, 6.45) is 1.55. The van der Waals surface area contributed by atoms with E-state index in [0.717, 1.165) is 6.42 Å². The topological polar surface area (TPSA) is 73.0 Å². The summed E-state index contributed by atoms with van der Waals surface area (Å²) >= 11 is 0. The Balaban J connectivity index is 3.23. The van der Waals surface area contributed by atoms with Crippen LogP contribution in [0.3, 0.4) is 0 Å². The molecule has 6 nitrogen and oxygen atoms in total. The zero-order valence-corrected chi connectivity index (χ0v) is 11.7. The number of nitrogens with one attached hydrogen (secondary N) is 1. The molecule has 0 fully saturated rings. The van der Waals surface area contributed by atoms with Crippen molar-refractivity contribution in [1.29, 1.82) is 0 Å². The molecule has 0 amide bonds. The van der Waals surface area contributed by atoms with Crippen LogP contribution in [-0.2, 0) is 6.42 Å². The van der Waals surface area contributed by atoms with E-state index in [1.807, 2.05) is 20.9 Å². The van der Waals surface area contributed by atoms with Gasteiger partial charge in [0.15, 0.2) is 0 Å². The fraction of sp³-hybridized carbons (Fsp3) is 0.750. The molecular formula is C12H22N4O2. The van der Waals surface area contributed by atoms with E-state index < -0.39 is 0 Å². The Morgan fingerprint density at radius 1 is 1.50 bits per heavy atom. The number of rotatable bonds is 6. The quantitative estimate of drug-likeness (QED) is 0.624. The predicted molar refractivity (Wildman–Crippen MR) is 70.8 cm³/mol. The van der Waals surface area contributed by atoms with E-state index in [0.29, 0.717) is 17.8 Å².